The molecule has 2 rings (SSSR count). The third-order valence-corrected chi connectivity index (χ3v) is 2.77. The highest BCUT2D eigenvalue weighted by Crippen LogP contribution is 2.30. The summed E-state index contributed by atoms with van der Waals surface area (Å²) in [5, 5.41) is 0. The molecule has 92 valence electrons. The average Bonchev–Trinajstić information content (AvgIpc) is 2.80. The molecule has 5 heteroatoms. The van der Waals surface area contributed by atoms with Crippen LogP contribution in [0.5, 0.6) is 0 Å². The third-order valence-electron chi connectivity index (χ3n) is 2.77. The summed E-state index contributed by atoms with van der Waals surface area (Å²) < 4.78 is 42.5. The third kappa shape index (κ3) is 2.66. The number of carbonyl (C=O) groups is 1. The first-order chi connectivity index (χ1) is 7.98. The molecule has 1 aliphatic heterocycles. The van der Waals surface area contributed by atoms with Crippen LogP contribution in [0.1, 0.15) is 22.3 Å². The topological polar surface area (TPSA) is 26.3 Å². The predicted molar refractivity (Wildman–Crippen MR) is 54.7 cm³/mol. The summed E-state index contributed by atoms with van der Waals surface area (Å²) in [6.07, 6.45) is -3.84. The molecular weight excluding hydrogens is 233 g/mol. The molecule has 0 amide bonds. The van der Waals surface area contributed by atoms with E-state index in [1.165, 1.54) is 12.1 Å². The molecule has 1 heterocycles. The Morgan fingerprint density at radius 1 is 1.35 bits per heavy atom. The first kappa shape index (κ1) is 12.1. The molecule has 0 aliphatic carbocycles. The van der Waals surface area contributed by atoms with Crippen LogP contribution < -0.4 is 0 Å². The van der Waals surface area contributed by atoms with E-state index in [4.69, 9.17) is 4.74 Å². The number of ether oxygens (including phenoxy) is 1. The fourth-order valence-electron chi connectivity index (χ4n) is 1.83. The standard InChI is InChI=1S/C12H11F3O2/c13-12(14,15)10-3-1-2-8(6-10)11(16)9-4-5-17-7-9/h1-3,6,9H,4-5,7H2. The molecule has 1 fully saturated rings. The molecule has 0 N–H and O–H groups in total. The summed E-state index contributed by atoms with van der Waals surface area (Å²) in [7, 11) is 0. The van der Waals surface area contributed by atoms with Gasteiger partial charge in [0, 0.05) is 18.1 Å². The van der Waals surface area contributed by atoms with Crippen LogP contribution in [-0.2, 0) is 10.9 Å². The van der Waals surface area contributed by atoms with Crippen molar-refractivity contribution in [3.63, 3.8) is 0 Å². The second kappa shape index (κ2) is 4.49. The summed E-state index contributed by atoms with van der Waals surface area (Å²) in [6.45, 7) is 0.796. The van der Waals surface area contributed by atoms with Crippen molar-refractivity contribution in [3.05, 3.63) is 35.4 Å². The van der Waals surface area contributed by atoms with Gasteiger partial charge in [0.1, 0.15) is 0 Å². The maximum absolute atomic E-state index is 12.5. The minimum Gasteiger partial charge on any atom is -0.381 e. The summed E-state index contributed by atoms with van der Waals surface area (Å²) in [5.74, 6) is -0.577. The molecule has 0 aromatic heterocycles. The second-order valence-electron chi connectivity index (χ2n) is 4.00. The van der Waals surface area contributed by atoms with Gasteiger partial charge < -0.3 is 4.74 Å². The van der Waals surface area contributed by atoms with Crippen LogP contribution in [0.25, 0.3) is 0 Å². The highest BCUT2D eigenvalue weighted by Gasteiger charge is 2.32. The quantitative estimate of drug-likeness (QED) is 0.748. The van der Waals surface area contributed by atoms with Gasteiger partial charge in [0.05, 0.1) is 12.2 Å². The Balaban J connectivity index is 2.24. The van der Waals surface area contributed by atoms with Gasteiger partial charge in [0.15, 0.2) is 5.78 Å². The average molecular weight is 244 g/mol. The van der Waals surface area contributed by atoms with Crippen LogP contribution in [-0.4, -0.2) is 19.0 Å². The van der Waals surface area contributed by atoms with Gasteiger partial charge in [0.25, 0.3) is 0 Å². The molecule has 1 atom stereocenters. The molecule has 1 aliphatic rings. The van der Waals surface area contributed by atoms with Crippen LogP contribution in [0.4, 0.5) is 13.2 Å². The van der Waals surface area contributed by atoms with Gasteiger partial charge in [-0.05, 0) is 18.6 Å². The monoisotopic (exact) mass is 244 g/mol. The summed E-state index contributed by atoms with van der Waals surface area (Å²) in [4.78, 5) is 11.9. The van der Waals surface area contributed by atoms with E-state index in [2.05, 4.69) is 0 Å². The number of hydrogen-bond acceptors (Lipinski definition) is 2. The first-order valence-electron chi connectivity index (χ1n) is 5.27. The van der Waals surface area contributed by atoms with Gasteiger partial charge in [-0.1, -0.05) is 12.1 Å². The number of benzene rings is 1. The molecular formula is C12H11F3O2. The zero-order valence-electron chi connectivity index (χ0n) is 8.96. The smallest absolute Gasteiger partial charge is 0.381 e. The van der Waals surface area contributed by atoms with Gasteiger partial charge in [0.2, 0.25) is 0 Å². The van der Waals surface area contributed by atoms with Crippen molar-refractivity contribution in [3.8, 4) is 0 Å². The van der Waals surface area contributed by atoms with Crippen molar-refractivity contribution < 1.29 is 22.7 Å². The summed E-state index contributed by atoms with van der Waals surface area (Å²) >= 11 is 0. The molecule has 1 aromatic carbocycles. The number of carbonyl (C=O) groups excluding carboxylic acids is 1. The minimum absolute atomic E-state index is 0.107. The normalized spacial score (nSPS) is 20.5. The Kier molecular flexibility index (Phi) is 3.19. The maximum atomic E-state index is 12.5. The van der Waals surface area contributed by atoms with Crippen molar-refractivity contribution in [2.45, 2.75) is 12.6 Å². The van der Waals surface area contributed by atoms with E-state index in [1.807, 2.05) is 0 Å². The maximum Gasteiger partial charge on any atom is 0.416 e. The molecule has 17 heavy (non-hydrogen) atoms. The lowest BCUT2D eigenvalue weighted by Crippen LogP contribution is -2.15. The Morgan fingerprint density at radius 3 is 2.71 bits per heavy atom. The highest BCUT2D eigenvalue weighted by molar-refractivity contribution is 5.98. The van der Waals surface area contributed by atoms with Crippen molar-refractivity contribution in [2.24, 2.45) is 5.92 Å². The number of Topliss-reactive ketones (excluding diaryl/α,β-unsaturated/α-hetero) is 1. The van der Waals surface area contributed by atoms with E-state index in [0.29, 0.717) is 19.6 Å². The van der Waals surface area contributed by atoms with Gasteiger partial charge >= 0.3 is 6.18 Å². The molecule has 0 spiro atoms. The first-order valence-corrected chi connectivity index (χ1v) is 5.27. The van der Waals surface area contributed by atoms with E-state index < -0.39 is 11.7 Å². The fraction of sp³-hybridized carbons (Fsp3) is 0.417. The van der Waals surface area contributed by atoms with E-state index in [0.717, 1.165) is 12.1 Å². The highest BCUT2D eigenvalue weighted by atomic mass is 19.4. The SMILES string of the molecule is O=C(c1cccc(C(F)(F)F)c1)C1CCOC1. The lowest BCUT2D eigenvalue weighted by atomic mass is 9.96. The van der Waals surface area contributed by atoms with Crippen molar-refractivity contribution >= 4 is 5.78 Å². The van der Waals surface area contributed by atoms with Gasteiger partial charge in [-0.25, -0.2) is 0 Å². The second-order valence-corrected chi connectivity index (χ2v) is 4.00. The lowest BCUT2D eigenvalue weighted by Gasteiger charge is -2.10. The summed E-state index contributed by atoms with van der Waals surface area (Å²) in [5.41, 5.74) is -0.683. The number of rotatable bonds is 2. The molecule has 0 saturated carbocycles. The van der Waals surface area contributed by atoms with Crippen molar-refractivity contribution in [2.75, 3.05) is 13.2 Å². The Hall–Kier alpha value is -1.36. The van der Waals surface area contributed by atoms with Crippen LogP contribution in [0, 0.1) is 5.92 Å². The van der Waals surface area contributed by atoms with Crippen LogP contribution in [0.3, 0.4) is 0 Å². The van der Waals surface area contributed by atoms with Gasteiger partial charge in [-0.15, -0.1) is 0 Å². The molecule has 1 saturated heterocycles. The fourth-order valence-corrected chi connectivity index (χ4v) is 1.83. The van der Waals surface area contributed by atoms with E-state index in [-0.39, 0.29) is 17.3 Å². The predicted octanol–water partition coefficient (Wildman–Crippen LogP) is 2.92. The number of hydrogen-bond donors (Lipinski definition) is 0. The number of halogens is 3. The van der Waals surface area contributed by atoms with Crippen molar-refractivity contribution in [1.29, 1.82) is 0 Å². The van der Waals surface area contributed by atoms with E-state index >= 15 is 0 Å². The van der Waals surface area contributed by atoms with Crippen LogP contribution in [0.2, 0.25) is 0 Å². The number of alkyl halides is 3. The van der Waals surface area contributed by atoms with Crippen molar-refractivity contribution in [1.82, 2.24) is 0 Å². The van der Waals surface area contributed by atoms with Gasteiger partial charge in [-0.2, -0.15) is 13.2 Å². The van der Waals surface area contributed by atoms with E-state index in [1.54, 1.807) is 0 Å². The molecule has 0 radical (unpaired) electrons. The molecule has 2 nitrogen and oxygen atoms in total. The zero-order valence-corrected chi connectivity index (χ0v) is 8.96. The summed E-state index contributed by atoms with van der Waals surface area (Å²) in [6, 6.07) is 4.53. The Labute approximate surface area is 96.4 Å². The van der Waals surface area contributed by atoms with E-state index in [9.17, 15) is 18.0 Å². The molecule has 1 unspecified atom stereocenters. The van der Waals surface area contributed by atoms with Crippen LogP contribution in [0.15, 0.2) is 24.3 Å². The number of ketones is 1. The van der Waals surface area contributed by atoms with Crippen LogP contribution >= 0.6 is 0 Å². The minimum atomic E-state index is -4.41. The lowest BCUT2D eigenvalue weighted by molar-refractivity contribution is -0.137. The largest absolute Gasteiger partial charge is 0.416 e. The zero-order chi connectivity index (χ0) is 12.5. The molecule has 1 aromatic rings. The Morgan fingerprint density at radius 2 is 2.12 bits per heavy atom. The van der Waals surface area contributed by atoms with Gasteiger partial charge in [-0.3, -0.25) is 4.79 Å². The Bertz CT molecular complexity index is 420. The molecule has 0 bridgehead atoms.